The molecule has 1 aliphatic heterocycles. The summed E-state index contributed by atoms with van der Waals surface area (Å²) >= 11 is 0. The number of nitriles is 1. The molecule has 1 atom stereocenters. The molecule has 0 amide bonds. The summed E-state index contributed by atoms with van der Waals surface area (Å²) in [6, 6.07) is 8.38. The molecule has 25 heavy (non-hydrogen) atoms. The fourth-order valence-corrected chi connectivity index (χ4v) is 2.62. The van der Waals surface area contributed by atoms with E-state index in [9.17, 15) is 14.9 Å². The Morgan fingerprint density at radius 2 is 1.92 bits per heavy atom. The van der Waals surface area contributed by atoms with Crippen LogP contribution >= 0.6 is 0 Å². The molecule has 0 aliphatic carbocycles. The molecule has 1 unspecified atom stereocenters. The lowest BCUT2D eigenvalue weighted by Crippen LogP contribution is -2.25. The average molecular weight is 342 g/mol. The van der Waals surface area contributed by atoms with Crippen molar-refractivity contribution in [3.8, 4) is 6.07 Å². The molecule has 0 radical (unpaired) electrons. The molecule has 0 spiro atoms. The summed E-state index contributed by atoms with van der Waals surface area (Å²) in [4.78, 5) is 24.0. The fourth-order valence-electron chi connectivity index (χ4n) is 2.62. The Morgan fingerprint density at radius 1 is 1.28 bits per heavy atom. The first kappa shape index (κ1) is 18.1. The number of benzene rings is 1. The number of methoxy groups -OCH3 is 1. The smallest absolute Gasteiger partial charge is 0.338 e. The van der Waals surface area contributed by atoms with Crippen molar-refractivity contribution >= 4 is 11.9 Å². The van der Waals surface area contributed by atoms with Gasteiger partial charge in [-0.25, -0.2) is 9.59 Å². The van der Waals surface area contributed by atoms with Crippen molar-refractivity contribution in [3.05, 3.63) is 58.2 Å². The van der Waals surface area contributed by atoms with E-state index in [0.717, 1.165) is 0 Å². The number of esters is 2. The van der Waals surface area contributed by atoms with Gasteiger partial charge in [0, 0.05) is 0 Å². The molecule has 0 saturated carbocycles. The summed E-state index contributed by atoms with van der Waals surface area (Å²) in [5.74, 6) is -1.58. The number of hydrogen-bond acceptors (Lipinski definition) is 7. The Hall–Kier alpha value is -3.27. The van der Waals surface area contributed by atoms with Crippen LogP contribution in [-0.4, -0.2) is 25.7 Å². The zero-order valence-electron chi connectivity index (χ0n) is 14.2. The Kier molecular flexibility index (Phi) is 5.45. The summed E-state index contributed by atoms with van der Waals surface area (Å²) in [5.41, 5.74) is 7.10. The zero-order chi connectivity index (χ0) is 18.6. The Morgan fingerprint density at radius 3 is 2.44 bits per heavy atom. The van der Waals surface area contributed by atoms with E-state index in [1.54, 1.807) is 38.1 Å². The highest BCUT2D eigenvalue weighted by atomic mass is 16.5. The minimum absolute atomic E-state index is 0.0601. The Bertz CT molecular complexity index is 800. The van der Waals surface area contributed by atoms with Crippen LogP contribution in [-0.2, 0) is 19.0 Å². The molecule has 0 saturated heterocycles. The molecular formula is C18H18N2O5. The van der Waals surface area contributed by atoms with Crippen LogP contribution in [0.4, 0.5) is 0 Å². The van der Waals surface area contributed by atoms with Crippen molar-refractivity contribution in [3.63, 3.8) is 0 Å². The maximum absolute atomic E-state index is 12.4. The van der Waals surface area contributed by atoms with Crippen molar-refractivity contribution in [2.75, 3.05) is 13.7 Å². The maximum Gasteiger partial charge on any atom is 0.338 e. The van der Waals surface area contributed by atoms with Crippen molar-refractivity contribution in [2.24, 2.45) is 5.73 Å². The predicted octanol–water partition coefficient (Wildman–Crippen LogP) is 2.12. The minimum Gasteiger partial charge on any atom is -0.465 e. The second-order valence-electron chi connectivity index (χ2n) is 5.23. The summed E-state index contributed by atoms with van der Waals surface area (Å²) in [6.07, 6.45) is 0. The second-order valence-corrected chi connectivity index (χ2v) is 5.23. The predicted molar refractivity (Wildman–Crippen MR) is 87.8 cm³/mol. The van der Waals surface area contributed by atoms with Crippen LogP contribution in [0.2, 0.25) is 0 Å². The highest BCUT2D eigenvalue weighted by molar-refractivity contribution is 5.93. The lowest BCUT2D eigenvalue weighted by molar-refractivity contribution is -0.139. The van der Waals surface area contributed by atoms with Gasteiger partial charge >= 0.3 is 11.9 Å². The van der Waals surface area contributed by atoms with Gasteiger partial charge in [-0.05, 0) is 31.5 Å². The molecule has 1 aromatic carbocycles. The first-order valence-electron chi connectivity index (χ1n) is 7.58. The third kappa shape index (κ3) is 3.48. The van der Waals surface area contributed by atoms with Gasteiger partial charge in [0.25, 0.3) is 0 Å². The summed E-state index contributed by atoms with van der Waals surface area (Å²) < 4.78 is 15.1. The molecule has 1 heterocycles. The van der Waals surface area contributed by atoms with Crippen molar-refractivity contribution < 1.29 is 23.8 Å². The third-order valence-electron chi connectivity index (χ3n) is 3.77. The molecule has 2 N–H and O–H groups in total. The van der Waals surface area contributed by atoms with Crippen LogP contribution in [0.1, 0.15) is 35.7 Å². The van der Waals surface area contributed by atoms with Crippen LogP contribution in [0.25, 0.3) is 0 Å². The molecule has 2 rings (SSSR count). The van der Waals surface area contributed by atoms with Gasteiger partial charge in [0.1, 0.15) is 17.4 Å². The van der Waals surface area contributed by atoms with Crippen molar-refractivity contribution in [1.82, 2.24) is 0 Å². The lowest BCUT2D eigenvalue weighted by Gasteiger charge is -2.26. The highest BCUT2D eigenvalue weighted by Gasteiger charge is 2.36. The summed E-state index contributed by atoms with van der Waals surface area (Å²) in [7, 11) is 1.29. The van der Waals surface area contributed by atoms with Crippen LogP contribution in [0.15, 0.2) is 47.1 Å². The number of rotatable bonds is 4. The van der Waals surface area contributed by atoms with Gasteiger partial charge in [-0.2, -0.15) is 5.26 Å². The molecule has 1 aromatic rings. The van der Waals surface area contributed by atoms with E-state index in [1.165, 1.54) is 7.11 Å². The number of ether oxygens (including phenoxy) is 3. The van der Waals surface area contributed by atoms with E-state index >= 15 is 0 Å². The molecule has 1 aliphatic rings. The largest absolute Gasteiger partial charge is 0.465 e. The number of allylic oxidation sites excluding steroid dienone is 2. The molecule has 0 fully saturated rings. The molecule has 130 valence electrons. The Balaban J connectivity index is 2.54. The molecular weight excluding hydrogens is 324 g/mol. The van der Waals surface area contributed by atoms with E-state index < -0.39 is 17.9 Å². The summed E-state index contributed by atoms with van der Waals surface area (Å²) in [5, 5.41) is 9.47. The van der Waals surface area contributed by atoms with Crippen molar-refractivity contribution in [2.45, 2.75) is 19.8 Å². The summed E-state index contributed by atoms with van der Waals surface area (Å²) in [6.45, 7) is 3.46. The topological polar surface area (TPSA) is 112 Å². The van der Waals surface area contributed by atoms with Gasteiger partial charge in [0.05, 0.1) is 30.8 Å². The van der Waals surface area contributed by atoms with E-state index in [2.05, 4.69) is 4.74 Å². The highest BCUT2D eigenvalue weighted by Crippen LogP contribution is 2.39. The van der Waals surface area contributed by atoms with E-state index in [4.69, 9.17) is 15.2 Å². The first-order valence-corrected chi connectivity index (χ1v) is 7.58. The van der Waals surface area contributed by atoms with Gasteiger partial charge in [0.15, 0.2) is 0 Å². The van der Waals surface area contributed by atoms with Crippen LogP contribution in [0, 0.1) is 11.3 Å². The third-order valence-corrected chi connectivity index (χ3v) is 3.77. The van der Waals surface area contributed by atoms with E-state index in [0.29, 0.717) is 11.1 Å². The average Bonchev–Trinajstić information content (AvgIpc) is 2.60. The number of carbonyl (C=O) groups is 2. The van der Waals surface area contributed by atoms with E-state index in [-0.39, 0.29) is 29.4 Å². The van der Waals surface area contributed by atoms with Gasteiger partial charge in [-0.3, -0.25) is 0 Å². The fraction of sp³-hybridized carbons (Fsp3) is 0.278. The number of nitrogens with two attached hydrogens (primary N) is 1. The van der Waals surface area contributed by atoms with Crippen LogP contribution in [0.3, 0.4) is 0 Å². The standard InChI is InChI=1S/C18H18N2O5/c1-4-24-18(22)14-10(2)25-16(20)13(9-19)15(14)11-5-7-12(8-6-11)17(21)23-3/h5-8,15H,4,20H2,1-3H3. The van der Waals surface area contributed by atoms with Gasteiger partial charge in [0.2, 0.25) is 5.88 Å². The molecule has 7 nitrogen and oxygen atoms in total. The maximum atomic E-state index is 12.4. The molecule has 0 bridgehead atoms. The van der Waals surface area contributed by atoms with Crippen LogP contribution in [0.5, 0.6) is 0 Å². The van der Waals surface area contributed by atoms with Gasteiger partial charge in [-0.15, -0.1) is 0 Å². The number of nitrogens with zero attached hydrogens (tertiary/aromatic N) is 1. The molecule has 0 aromatic heterocycles. The van der Waals surface area contributed by atoms with E-state index in [1.807, 2.05) is 6.07 Å². The quantitative estimate of drug-likeness (QED) is 0.834. The lowest BCUT2D eigenvalue weighted by atomic mass is 9.83. The number of carbonyl (C=O) groups excluding carboxylic acids is 2. The number of hydrogen-bond donors (Lipinski definition) is 1. The van der Waals surface area contributed by atoms with Crippen LogP contribution < -0.4 is 5.73 Å². The monoisotopic (exact) mass is 342 g/mol. The molecule has 7 heteroatoms. The van der Waals surface area contributed by atoms with Gasteiger partial charge in [-0.1, -0.05) is 12.1 Å². The SMILES string of the molecule is CCOC(=O)C1=C(C)OC(N)=C(C#N)C1c1ccc(C(=O)OC)cc1. The Labute approximate surface area is 145 Å². The van der Waals surface area contributed by atoms with Gasteiger partial charge < -0.3 is 19.9 Å². The second kappa shape index (κ2) is 7.53. The minimum atomic E-state index is -0.732. The van der Waals surface area contributed by atoms with Crippen molar-refractivity contribution in [1.29, 1.82) is 5.26 Å². The first-order chi connectivity index (χ1) is 11.9. The normalized spacial score (nSPS) is 16.8. The zero-order valence-corrected chi connectivity index (χ0v) is 14.2.